The second kappa shape index (κ2) is 7.64. The largest absolute Gasteiger partial charge is 0.373 e. The summed E-state index contributed by atoms with van der Waals surface area (Å²) in [5.41, 5.74) is 1.32. The monoisotopic (exact) mass is 343 g/mol. The number of benzene rings is 1. The topological polar surface area (TPSA) is 37.4 Å². The van der Waals surface area contributed by atoms with Crippen LogP contribution in [0.25, 0.3) is 0 Å². The van der Waals surface area contributed by atoms with Gasteiger partial charge in [-0.25, -0.2) is 4.98 Å². The Bertz CT molecular complexity index is 611. The highest BCUT2D eigenvalue weighted by molar-refractivity contribution is 7.13. The first-order valence-corrected chi connectivity index (χ1v) is 9.82. The lowest BCUT2D eigenvalue weighted by Gasteiger charge is -2.33. The van der Waals surface area contributed by atoms with Crippen molar-refractivity contribution in [2.75, 3.05) is 31.1 Å². The Morgan fingerprint density at radius 2 is 2.00 bits per heavy atom. The standard InChI is InChI=1S/C19H25N3OS/c1-2-4-15(5-3-1)18-16(8-12-23-18)14-21-17-6-10-22(11-7-17)19-20-9-13-24-19/h1-5,9,13,16-18,21H,6-8,10-12,14H2/t16-,18-/m0/s1. The fraction of sp³-hybridized carbons (Fsp3) is 0.526. The van der Waals surface area contributed by atoms with Gasteiger partial charge in [-0.3, -0.25) is 0 Å². The molecule has 2 aliphatic heterocycles. The van der Waals surface area contributed by atoms with Crippen molar-refractivity contribution in [2.45, 2.75) is 31.4 Å². The Morgan fingerprint density at radius 3 is 2.75 bits per heavy atom. The second-order valence-electron chi connectivity index (χ2n) is 6.74. The molecule has 1 aromatic carbocycles. The summed E-state index contributed by atoms with van der Waals surface area (Å²) in [4.78, 5) is 6.84. The molecular formula is C19H25N3OS. The fourth-order valence-corrected chi connectivity index (χ4v) is 4.52. The van der Waals surface area contributed by atoms with E-state index >= 15 is 0 Å². The molecule has 4 nitrogen and oxygen atoms in total. The van der Waals surface area contributed by atoms with Gasteiger partial charge in [-0.05, 0) is 24.8 Å². The number of hydrogen-bond acceptors (Lipinski definition) is 5. The van der Waals surface area contributed by atoms with Crippen molar-refractivity contribution in [1.29, 1.82) is 0 Å². The number of nitrogens with one attached hydrogen (secondary N) is 1. The maximum atomic E-state index is 6.00. The third-order valence-electron chi connectivity index (χ3n) is 5.20. The number of aromatic nitrogens is 1. The quantitative estimate of drug-likeness (QED) is 0.902. The molecule has 4 rings (SSSR count). The molecule has 0 radical (unpaired) electrons. The van der Waals surface area contributed by atoms with E-state index in [0.29, 0.717) is 12.0 Å². The summed E-state index contributed by atoms with van der Waals surface area (Å²) >= 11 is 1.74. The third-order valence-corrected chi connectivity index (χ3v) is 6.03. The molecule has 2 aromatic rings. The number of anilines is 1. The average molecular weight is 343 g/mol. The van der Waals surface area contributed by atoms with Crippen LogP contribution in [0.4, 0.5) is 5.13 Å². The lowest BCUT2D eigenvalue weighted by atomic mass is 9.94. The van der Waals surface area contributed by atoms with E-state index in [1.807, 2.05) is 6.20 Å². The van der Waals surface area contributed by atoms with Gasteiger partial charge in [0, 0.05) is 49.8 Å². The zero-order chi connectivity index (χ0) is 16.2. The van der Waals surface area contributed by atoms with Crippen molar-refractivity contribution in [1.82, 2.24) is 10.3 Å². The van der Waals surface area contributed by atoms with Crippen LogP contribution in [-0.4, -0.2) is 37.3 Å². The molecule has 0 unspecified atom stereocenters. The van der Waals surface area contributed by atoms with Crippen molar-refractivity contribution in [3.05, 3.63) is 47.5 Å². The zero-order valence-electron chi connectivity index (χ0n) is 13.9. The summed E-state index contributed by atoms with van der Waals surface area (Å²) < 4.78 is 6.00. The maximum Gasteiger partial charge on any atom is 0.185 e. The Labute approximate surface area is 147 Å². The summed E-state index contributed by atoms with van der Waals surface area (Å²) in [5, 5.41) is 7.03. The molecular weight excluding hydrogens is 318 g/mol. The van der Waals surface area contributed by atoms with Crippen LogP contribution in [0.3, 0.4) is 0 Å². The number of nitrogens with zero attached hydrogens (tertiary/aromatic N) is 2. The minimum absolute atomic E-state index is 0.258. The van der Waals surface area contributed by atoms with Gasteiger partial charge >= 0.3 is 0 Å². The van der Waals surface area contributed by atoms with Crippen molar-refractivity contribution in [3.8, 4) is 0 Å². The molecule has 0 saturated carbocycles. The van der Waals surface area contributed by atoms with Gasteiger partial charge in [0.25, 0.3) is 0 Å². The van der Waals surface area contributed by atoms with Crippen LogP contribution in [0.1, 0.15) is 30.9 Å². The minimum Gasteiger partial charge on any atom is -0.373 e. The second-order valence-corrected chi connectivity index (χ2v) is 7.61. The van der Waals surface area contributed by atoms with Crippen LogP contribution >= 0.6 is 11.3 Å². The first kappa shape index (κ1) is 16.1. The van der Waals surface area contributed by atoms with E-state index in [1.54, 1.807) is 11.3 Å². The molecule has 2 fully saturated rings. The molecule has 3 heterocycles. The molecule has 1 aromatic heterocycles. The molecule has 24 heavy (non-hydrogen) atoms. The molecule has 2 saturated heterocycles. The molecule has 5 heteroatoms. The number of piperidine rings is 1. The Balaban J connectivity index is 1.27. The number of ether oxygens (including phenoxy) is 1. The fourth-order valence-electron chi connectivity index (χ4n) is 3.82. The normalized spacial score (nSPS) is 25.2. The Morgan fingerprint density at radius 1 is 1.17 bits per heavy atom. The van der Waals surface area contributed by atoms with Crippen LogP contribution in [0, 0.1) is 5.92 Å². The Kier molecular flexibility index (Phi) is 5.11. The predicted molar refractivity (Wildman–Crippen MR) is 98.6 cm³/mol. The van der Waals surface area contributed by atoms with Crippen LogP contribution in [-0.2, 0) is 4.74 Å². The van der Waals surface area contributed by atoms with Crippen molar-refractivity contribution in [3.63, 3.8) is 0 Å². The minimum atomic E-state index is 0.258. The van der Waals surface area contributed by atoms with E-state index in [-0.39, 0.29) is 6.10 Å². The van der Waals surface area contributed by atoms with E-state index in [9.17, 15) is 0 Å². The summed E-state index contributed by atoms with van der Waals surface area (Å²) in [6, 6.07) is 11.3. The van der Waals surface area contributed by atoms with E-state index < -0.39 is 0 Å². The van der Waals surface area contributed by atoms with E-state index in [1.165, 1.54) is 23.5 Å². The SMILES string of the molecule is c1ccc([C@@H]2OCC[C@H]2CNC2CCN(c3nccs3)CC2)cc1. The van der Waals surface area contributed by atoms with E-state index in [4.69, 9.17) is 4.74 Å². The lowest BCUT2D eigenvalue weighted by Crippen LogP contribution is -2.44. The smallest absolute Gasteiger partial charge is 0.185 e. The van der Waals surface area contributed by atoms with E-state index in [2.05, 4.69) is 50.9 Å². The van der Waals surface area contributed by atoms with Crippen LogP contribution in [0.5, 0.6) is 0 Å². The van der Waals surface area contributed by atoms with E-state index in [0.717, 1.165) is 32.7 Å². The maximum absolute atomic E-state index is 6.00. The van der Waals surface area contributed by atoms with Gasteiger partial charge in [-0.1, -0.05) is 30.3 Å². The molecule has 128 valence electrons. The molecule has 0 spiro atoms. The number of rotatable bonds is 5. The van der Waals surface area contributed by atoms with Gasteiger partial charge in [0.1, 0.15) is 0 Å². The van der Waals surface area contributed by atoms with Crippen molar-refractivity contribution in [2.24, 2.45) is 5.92 Å². The van der Waals surface area contributed by atoms with Crippen molar-refractivity contribution >= 4 is 16.5 Å². The van der Waals surface area contributed by atoms with Gasteiger partial charge in [0.2, 0.25) is 0 Å². The first-order chi connectivity index (χ1) is 11.9. The van der Waals surface area contributed by atoms with Crippen molar-refractivity contribution < 1.29 is 4.74 Å². The zero-order valence-corrected chi connectivity index (χ0v) is 14.8. The summed E-state index contributed by atoms with van der Waals surface area (Å²) in [6.07, 6.45) is 5.71. The van der Waals surface area contributed by atoms with Gasteiger partial charge < -0.3 is 15.0 Å². The highest BCUT2D eigenvalue weighted by Gasteiger charge is 2.30. The lowest BCUT2D eigenvalue weighted by molar-refractivity contribution is 0.0895. The Hall–Kier alpha value is -1.43. The third kappa shape index (κ3) is 3.63. The molecule has 0 amide bonds. The number of thiazole rings is 1. The van der Waals surface area contributed by atoms with Gasteiger partial charge in [-0.2, -0.15) is 0 Å². The summed E-state index contributed by atoms with van der Waals surface area (Å²) in [6.45, 7) is 4.15. The predicted octanol–water partition coefficient (Wildman–Crippen LogP) is 3.48. The molecule has 0 aliphatic carbocycles. The van der Waals surface area contributed by atoms with Crippen LogP contribution in [0.2, 0.25) is 0 Å². The van der Waals surface area contributed by atoms with Gasteiger partial charge in [0.15, 0.2) is 5.13 Å². The average Bonchev–Trinajstić information content (AvgIpc) is 3.33. The highest BCUT2D eigenvalue weighted by Crippen LogP contribution is 2.34. The summed E-state index contributed by atoms with van der Waals surface area (Å²) in [7, 11) is 0. The van der Waals surface area contributed by atoms with Crippen LogP contribution in [0.15, 0.2) is 41.9 Å². The highest BCUT2D eigenvalue weighted by atomic mass is 32.1. The summed E-state index contributed by atoms with van der Waals surface area (Å²) in [5.74, 6) is 0.587. The van der Waals surface area contributed by atoms with Crippen LogP contribution < -0.4 is 10.2 Å². The first-order valence-electron chi connectivity index (χ1n) is 8.94. The molecule has 0 bridgehead atoms. The van der Waals surface area contributed by atoms with Gasteiger partial charge in [-0.15, -0.1) is 11.3 Å². The molecule has 2 atom stereocenters. The molecule has 2 aliphatic rings. The van der Waals surface area contributed by atoms with Gasteiger partial charge in [0.05, 0.1) is 6.10 Å². The number of hydrogen-bond donors (Lipinski definition) is 1. The molecule has 1 N–H and O–H groups in total.